The fourth-order valence-electron chi connectivity index (χ4n) is 3.15. The van der Waals surface area contributed by atoms with E-state index in [1.54, 1.807) is 42.5 Å². The third-order valence-corrected chi connectivity index (χ3v) is 7.57. The lowest BCUT2D eigenvalue weighted by atomic mass is 10.1. The van der Waals surface area contributed by atoms with E-state index in [0.29, 0.717) is 16.5 Å². The van der Waals surface area contributed by atoms with Crippen LogP contribution >= 0.6 is 0 Å². The third kappa shape index (κ3) is 5.12. The Morgan fingerprint density at radius 1 is 1.15 bits per heavy atom. The summed E-state index contributed by atoms with van der Waals surface area (Å²) >= 11 is 0. The summed E-state index contributed by atoms with van der Waals surface area (Å²) in [4.78, 5) is 29.1. The van der Waals surface area contributed by atoms with Crippen LogP contribution < -0.4 is 11.0 Å². The summed E-state index contributed by atoms with van der Waals surface area (Å²) in [5.41, 5.74) is 3.64. The van der Waals surface area contributed by atoms with Crippen molar-refractivity contribution in [1.29, 1.82) is 0 Å². The van der Waals surface area contributed by atoms with E-state index in [2.05, 4.69) is 16.8 Å². The number of nitrogens with one attached hydrogen (secondary N) is 1. The van der Waals surface area contributed by atoms with Gasteiger partial charge in [-0.3, -0.25) is 19.4 Å². The highest BCUT2D eigenvalue weighted by Crippen LogP contribution is 2.22. The topological polar surface area (TPSA) is 139 Å². The first-order valence-electron chi connectivity index (χ1n) is 9.94. The Bertz CT molecular complexity index is 1420. The molecule has 0 saturated heterocycles. The smallest absolute Gasteiger partial charge is 0.264 e. The van der Waals surface area contributed by atoms with E-state index in [-0.39, 0.29) is 25.1 Å². The van der Waals surface area contributed by atoms with Gasteiger partial charge in [0.2, 0.25) is 0 Å². The van der Waals surface area contributed by atoms with Gasteiger partial charge in [-0.25, -0.2) is 18.9 Å². The Hall–Kier alpha value is -3.52. The summed E-state index contributed by atoms with van der Waals surface area (Å²) in [7, 11) is -3.88. The van der Waals surface area contributed by atoms with Gasteiger partial charge in [-0.15, -0.1) is 0 Å². The Labute approximate surface area is 190 Å². The quantitative estimate of drug-likeness (QED) is 0.278. The van der Waals surface area contributed by atoms with Crippen LogP contribution in [0.5, 0.6) is 0 Å². The molecule has 0 aliphatic carbocycles. The molecular formula is C23H23N3O6S. The van der Waals surface area contributed by atoms with E-state index in [1.165, 1.54) is 23.3 Å². The SMILES string of the molecule is CC(CCn1cnc2cc(C#Cc3ccc(CO)cc3)ccc2c1=O)(C(=O)NO)S(C)(=O)=O. The number of rotatable bonds is 6. The lowest BCUT2D eigenvalue weighted by Crippen LogP contribution is -2.50. The second-order valence-electron chi connectivity index (χ2n) is 7.77. The van der Waals surface area contributed by atoms with Gasteiger partial charge in [0.15, 0.2) is 14.6 Å². The van der Waals surface area contributed by atoms with Crippen LogP contribution in [-0.2, 0) is 27.8 Å². The minimum absolute atomic E-state index is 0.0380. The van der Waals surface area contributed by atoms with E-state index in [0.717, 1.165) is 17.4 Å². The minimum atomic E-state index is -3.88. The van der Waals surface area contributed by atoms with Crippen LogP contribution in [0.15, 0.2) is 53.6 Å². The van der Waals surface area contributed by atoms with Gasteiger partial charge < -0.3 is 5.11 Å². The van der Waals surface area contributed by atoms with E-state index in [1.807, 2.05) is 0 Å². The van der Waals surface area contributed by atoms with Crippen molar-refractivity contribution < 1.29 is 23.5 Å². The number of carbonyl (C=O) groups is 1. The van der Waals surface area contributed by atoms with Crippen molar-refractivity contribution in [3.8, 4) is 11.8 Å². The van der Waals surface area contributed by atoms with Gasteiger partial charge in [-0.2, -0.15) is 0 Å². The van der Waals surface area contributed by atoms with Crippen LogP contribution in [0.25, 0.3) is 10.9 Å². The second kappa shape index (κ2) is 9.54. The average Bonchev–Trinajstić information content (AvgIpc) is 2.81. The molecule has 1 aromatic heterocycles. The molecule has 10 heteroatoms. The minimum Gasteiger partial charge on any atom is -0.392 e. The fraction of sp³-hybridized carbons (Fsp3) is 0.261. The first-order valence-corrected chi connectivity index (χ1v) is 11.8. The zero-order valence-corrected chi connectivity index (χ0v) is 18.9. The molecule has 0 bridgehead atoms. The molecule has 0 aliphatic heterocycles. The second-order valence-corrected chi connectivity index (χ2v) is 10.2. The lowest BCUT2D eigenvalue weighted by molar-refractivity contribution is -0.131. The van der Waals surface area contributed by atoms with E-state index < -0.39 is 20.5 Å². The van der Waals surface area contributed by atoms with Crippen molar-refractivity contribution in [1.82, 2.24) is 15.0 Å². The normalized spacial score (nSPS) is 13.1. The summed E-state index contributed by atoms with van der Waals surface area (Å²) in [6, 6.07) is 12.1. The molecule has 3 N–H and O–H groups in total. The summed E-state index contributed by atoms with van der Waals surface area (Å²) in [5.74, 6) is 4.95. The van der Waals surface area contributed by atoms with Crippen molar-refractivity contribution in [2.75, 3.05) is 6.26 Å². The van der Waals surface area contributed by atoms with E-state index in [9.17, 15) is 18.0 Å². The monoisotopic (exact) mass is 469 g/mol. The highest BCUT2D eigenvalue weighted by molar-refractivity contribution is 7.92. The Balaban J connectivity index is 1.86. The maximum absolute atomic E-state index is 12.9. The number of aliphatic hydroxyl groups is 1. The Kier molecular flexibility index (Phi) is 6.98. The molecule has 3 aromatic rings. The number of hydroxylamine groups is 1. The highest BCUT2D eigenvalue weighted by Gasteiger charge is 2.43. The van der Waals surface area contributed by atoms with Crippen molar-refractivity contribution >= 4 is 26.6 Å². The fourth-order valence-corrected chi connectivity index (χ4v) is 4.00. The number of nitrogens with zero attached hydrogens (tertiary/aromatic N) is 2. The highest BCUT2D eigenvalue weighted by atomic mass is 32.2. The van der Waals surface area contributed by atoms with E-state index in [4.69, 9.17) is 10.3 Å². The molecule has 1 heterocycles. The summed E-state index contributed by atoms with van der Waals surface area (Å²) < 4.78 is 23.5. The molecule has 172 valence electrons. The molecule has 1 unspecified atom stereocenters. The summed E-state index contributed by atoms with van der Waals surface area (Å²) in [6.07, 6.45) is 1.95. The van der Waals surface area contributed by atoms with Gasteiger partial charge in [0.05, 0.1) is 23.8 Å². The van der Waals surface area contributed by atoms with Gasteiger partial charge in [0.1, 0.15) is 0 Å². The van der Waals surface area contributed by atoms with Crippen molar-refractivity contribution in [2.24, 2.45) is 0 Å². The first kappa shape index (κ1) is 24.1. The Morgan fingerprint density at radius 3 is 2.39 bits per heavy atom. The number of aliphatic hydroxyl groups excluding tert-OH is 1. The molecule has 1 amide bonds. The molecule has 9 nitrogen and oxygen atoms in total. The van der Waals surface area contributed by atoms with Crippen LogP contribution in [-0.4, -0.2) is 45.2 Å². The number of aryl methyl sites for hydroxylation is 1. The number of benzene rings is 2. The van der Waals surface area contributed by atoms with Gasteiger partial charge >= 0.3 is 0 Å². The molecule has 0 fully saturated rings. The van der Waals surface area contributed by atoms with Crippen molar-refractivity contribution in [3.05, 3.63) is 75.8 Å². The van der Waals surface area contributed by atoms with Crippen LogP contribution in [0, 0.1) is 11.8 Å². The van der Waals surface area contributed by atoms with Crippen LogP contribution in [0.3, 0.4) is 0 Å². The predicted molar refractivity (Wildman–Crippen MR) is 122 cm³/mol. The number of hydrogen-bond acceptors (Lipinski definition) is 7. The predicted octanol–water partition coefficient (Wildman–Crippen LogP) is 0.987. The molecule has 1 atom stereocenters. The van der Waals surface area contributed by atoms with Crippen molar-refractivity contribution in [2.45, 2.75) is 31.2 Å². The molecule has 0 spiro atoms. The maximum Gasteiger partial charge on any atom is 0.264 e. The number of hydrogen-bond donors (Lipinski definition) is 3. The number of fused-ring (bicyclic) bond motifs is 1. The zero-order valence-electron chi connectivity index (χ0n) is 18.1. The van der Waals surface area contributed by atoms with Gasteiger partial charge in [0, 0.05) is 23.9 Å². The first-order chi connectivity index (χ1) is 15.6. The number of aromatic nitrogens is 2. The maximum atomic E-state index is 12.9. The lowest BCUT2D eigenvalue weighted by Gasteiger charge is -2.25. The zero-order chi connectivity index (χ0) is 24.2. The average molecular weight is 470 g/mol. The summed E-state index contributed by atoms with van der Waals surface area (Å²) in [5, 5.41) is 18.3. The van der Waals surface area contributed by atoms with Gasteiger partial charge in [-0.05, 0) is 49.2 Å². The molecule has 2 aromatic carbocycles. The Morgan fingerprint density at radius 2 is 1.79 bits per heavy atom. The van der Waals surface area contributed by atoms with Crippen molar-refractivity contribution in [3.63, 3.8) is 0 Å². The van der Waals surface area contributed by atoms with Crippen LogP contribution in [0.4, 0.5) is 0 Å². The summed E-state index contributed by atoms with van der Waals surface area (Å²) in [6.45, 7) is 1.06. The molecule has 3 rings (SSSR count). The van der Waals surface area contributed by atoms with Gasteiger partial charge in [-0.1, -0.05) is 24.0 Å². The number of sulfone groups is 1. The number of amides is 1. The third-order valence-electron chi connectivity index (χ3n) is 5.54. The molecule has 0 radical (unpaired) electrons. The standard InChI is InChI=1S/C23H23N3O6S/c1-23(22(29)25-30,33(2,31)32)11-12-26-15-24-20-13-17(9-10-19(20)21(26)28)6-3-16-4-7-18(14-27)8-5-16/h4-5,7-10,13,15,27,30H,11-12,14H2,1-2H3,(H,25,29). The molecule has 0 saturated carbocycles. The molecular weight excluding hydrogens is 446 g/mol. The largest absolute Gasteiger partial charge is 0.392 e. The number of carbonyl (C=O) groups excluding carboxylic acids is 1. The molecule has 33 heavy (non-hydrogen) atoms. The van der Waals surface area contributed by atoms with Gasteiger partial charge in [0.25, 0.3) is 11.5 Å². The van der Waals surface area contributed by atoms with Crippen LogP contribution in [0.2, 0.25) is 0 Å². The van der Waals surface area contributed by atoms with E-state index >= 15 is 0 Å². The molecule has 0 aliphatic rings. The van der Waals surface area contributed by atoms with Crippen LogP contribution in [0.1, 0.15) is 30.0 Å².